The lowest BCUT2D eigenvalue weighted by atomic mass is 9.87. The van der Waals surface area contributed by atoms with Crippen molar-refractivity contribution in [3.63, 3.8) is 0 Å². The summed E-state index contributed by atoms with van der Waals surface area (Å²) in [6.07, 6.45) is 2.43. The number of nitrogens with zero attached hydrogens (tertiary/aromatic N) is 2. The van der Waals surface area contributed by atoms with Crippen LogP contribution in [0.1, 0.15) is 58.6 Å². The molecule has 0 saturated carbocycles. The van der Waals surface area contributed by atoms with Crippen molar-refractivity contribution in [1.82, 2.24) is 15.1 Å². The number of hydrogen-bond donors (Lipinski definition) is 1. The smallest absolute Gasteiger partial charge is 0.255 e. The van der Waals surface area contributed by atoms with Crippen LogP contribution in [0.15, 0.2) is 36.4 Å². The van der Waals surface area contributed by atoms with Gasteiger partial charge >= 0.3 is 0 Å². The summed E-state index contributed by atoms with van der Waals surface area (Å²) in [5, 5.41) is 2.33. The number of amides is 3. The fourth-order valence-electron chi connectivity index (χ4n) is 5.23. The molecule has 6 nitrogen and oxygen atoms in total. The molecule has 2 fully saturated rings. The average Bonchev–Trinajstić information content (AvgIpc) is 3.09. The Labute approximate surface area is 190 Å². The Morgan fingerprint density at radius 2 is 1.67 bits per heavy atom. The summed E-state index contributed by atoms with van der Waals surface area (Å²) < 4.78 is 26.9. The molecule has 1 unspecified atom stereocenters. The van der Waals surface area contributed by atoms with Gasteiger partial charge in [0.15, 0.2) is 0 Å². The summed E-state index contributed by atoms with van der Waals surface area (Å²) in [5.41, 5.74) is 3.34. The van der Waals surface area contributed by atoms with Gasteiger partial charge in [-0.05, 0) is 73.2 Å². The van der Waals surface area contributed by atoms with E-state index in [0.717, 1.165) is 37.6 Å². The van der Waals surface area contributed by atoms with Gasteiger partial charge in [0.05, 0.1) is 0 Å². The minimum atomic E-state index is -0.609. The number of carbonyl (C=O) groups excluding carboxylic acids is 3. The molecule has 3 aliphatic heterocycles. The molecular formula is C25H25F2N3O3. The second kappa shape index (κ2) is 8.67. The van der Waals surface area contributed by atoms with Gasteiger partial charge < -0.3 is 4.90 Å². The Hall–Kier alpha value is -3.13. The summed E-state index contributed by atoms with van der Waals surface area (Å²) >= 11 is 0. The number of imide groups is 1. The highest BCUT2D eigenvalue weighted by atomic mass is 19.1. The van der Waals surface area contributed by atoms with Crippen LogP contribution in [0.5, 0.6) is 0 Å². The molecule has 8 heteroatoms. The Balaban J connectivity index is 1.23. The molecule has 3 aliphatic rings. The minimum Gasteiger partial charge on any atom is -0.322 e. The van der Waals surface area contributed by atoms with E-state index < -0.39 is 23.6 Å². The van der Waals surface area contributed by atoms with Gasteiger partial charge in [0.2, 0.25) is 11.8 Å². The summed E-state index contributed by atoms with van der Waals surface area (Å²) in [7, 11) is 0. The standard InChI is InChI=1S/C25H25F2N3O3/c26-19-9-15(10-20(27)12-19)13-29-7-5-16(6-8-29)17-1-2-21-18(11-17)14-30(25(21)33)22-3-4-23(31)28-24(22)32/h1-2,9-12,16,22H,3-8,13-14H2,(H,28,31,32). The molecule has 0 radical (unpaired) electrons. The monoisotopic (exact) mass is 453 g/mol. The number of benzene rings is 2. The van der Waals surface area contributed by atoms with Crippen LogP contribution in [0.25, 0.3) is 0 Å². The van der Waals surface area contributed by atoms with E-state index in [-0.39, 0.29) is 18.2 Å². The van der Waals surface area contributed by atoms with E-state index in [2.05, 4.69) is 16.3 Å². The second-order valence-electron chi connectivity index (χ2n) is 9.14. The molecule has 33 heavy (non-hydrogen) atoms. The predicted molar refractivity (Wildman–Crippen MR) is 116 cm³/mol. The fourth-order valence-corrected chi connectivity index (χ4v) is 5.23. The molecule has 3 amide bonds. The maximum Gasteiger partial charge on any atom is 0.255 e. The van der Waals surface area contributed by atoms with Gasteiger partial charge in [-0.2, -0.15) is 0 Å². The van der Waals surface area contributed by atoms with Crippen molar-refractivity contribution in [2.24, 2.45) is 0 Å². The maximum atomic E-state index is 13.5. The van der Waals surface area contributed by atoms with E-state index in [1.807, 2.05) is 12.1 Å². The predicted octanol–water partition coefficient (Wildman–Crippen LogP) is 3.11. The van der Waals surface area contributed by atoms with E-state index in [9.17, 15) is 23.2 Å². The fraction of sp³-hybridized carbons (Fsp3) is 0.400. The summed E-state index contributed by atoms with van der Waals surface area (Å²) in [6.45, 7) is 2.53. The summed E-state index contributed by atoms with van der Waals surface area (Å²) in [5.74, 6) is -1.63. The maximum absolute atomic E-state index is 13.5. The van der Waals surface area contributed by atoms with Crippen LogP contribution >= 0.6 is 0 Å². The number of carbonyl (C=O) groups is 3. The largest absolute Gasteiger partial charge is 0.322 e. The number of rotatable bonds is 4. The average molecular weight is 453 g/mol. The van der Waals surface area contributed by atoms with Gasteiger partial charge in [0.1, 0.15) is 17.7 Å². The van der Waals surface area contributed by atoms with E-state index >= 15 is 0 Å². The van der Waals surface area contributed by atoms with Crippen molar-refractivity contribution in [1.29, 1.82) is 0 Å². The number of fused-ring (bicyclic) bond motifs is 1. The molecule has 172 valence electrons. The SMILES string of the molecule is O=C1CCC(N2Cc3cc(C4CCN(Cc5cc(F)cc(F)c5)CC4)ccc3C2=O)C(=O)N1. The normalized spacial score (nSPS) is 21.9. The number of piperidine rings is 2. The molecular weight excluding hydrogens is 428 g/mol. The summed E-state index contributed by atoms with van der Waals surface area (Å²) in [6, 6.07) is 8.94. The van der Waals surface area contributed by atoms with Crippen molar-refractivity contribution in [3.05, 3.63) is 70.3 Å². The number of likely N-dealkylation sites (tertiary alicyclic amines) is 1. The quantitative estimate of drug-likeness (QED) is 0.723. The van der Waals surface area contributed by atoms with Gasteiger partial charge in [-0.25, -0.2) is 8.78 Å². The first-order valence-electron chi connectivity index (χ1n) is 11.3. The third-order valence-corrected chi connectivity index (χ3v) is 6.94. The zero-order chi connectivity index (χ0) is 23.1. The van der Waals surface area contributed by atoms with Crippen LogP contribution in [-0.2, 0) is 22.7 Å². The molecule has 1 N–H and O–H groups in total. The Bertz CT molecular complexity index is 1110. The lowest BCUT2D eigenvalue weighted by Crippen LogP contribution is -2.52. The van der Waals surface area contributed by atoms with Crippen LogP contribution in [0, 0.1) is 11.6 Å². The molecule has 3 heterocycles. The van der Waals surface area contributed by atoms with Crippen LogP contribution in [0.4, 0.5) is 8.78 Å². The lowest BCUT2D eigenvalue weighted by Gasteiger charge is -2.32. The van der Waals surface area contributed by atoms with Gasteiger partial charge in [-0.3, -0.25) is 24.6 Å². The molecule has 2 saturated heterocycles. The zero-order valence-corrected chi connectivity index (χ0v) is 18.2. The molecule has 0 spiro atoms. The van der Waals surface area contributed by atoms with Crippen molar-refractivity contribution in [2.45, 2.75) is 50.7 Å². The third-order valence-electron chi connectivity index (χ3n) is 6.94. The first kappa shape index (κ1) is 21.7. The molecule has 2 aromatic carbocycles. The number of nitrogens with one attached hydrogen (secondary N) is 1. The number of hydrogen-bond acceptors (Lipinski definition) is 4. The van der Waals surface area contributed by atoms with Gasteiger partial charge in [-0.15, -0.1) is 0 Å². The van der Waals surface area contributed by atoms with Crippen LogP contribution in [0.2, 0.25) is 0 Å². The Kier molecular flexibility index (Phi) is 5.70. The molecule has 1 atom stereocenters. The zero-order valence-electron chi connectivity index (χ0n) is 18.2. The topological polar surface area (TPSA) is 69.7 Å². The van der Waals surface area contributed by atoms with E-state index in [1.54, 1.807) is 4.90 Å². The van der Waals surface area contributed by atoms with Crippen molar-refractivity contribution in [2.75, 3.05) is 13.1 Å². The Morgan fingerprint density at radius 3 is 2.36 bits per heavy atom. The van der Waals surface area contributed by atoms with Gasteiger partial charge in [0, 0.05) is 31.1 Å². The molecule has 0 aromatic heterocycles. The molecule has 5 rings (SSSR count). The van der Waals surface area contributed by atoms with E-state index in [0.29, 0.717) is 36.6 Å². The van der Waals surface area contributed by atoms with E-state index in [4.69, 9.17) is 0 Å². The Morgan fingerprint density at radius 1 is 0.939 bits per heavy atom. The second-order valence-corrected chi connectivity index (χ2v) is 9.14. The van der Waals surface area contributed by atoms with Gasteiger partial charge in [0.25, 0.3) is 5.91 Å². The highest BCUT2D eigenvalue weighted by Gasteiger charge is 2.39. The van der Waals surface area contributed by atoms with Crippen molar-refractivity contribution < 1.29 is 23.2 Å². The molecule has 2 aromatic rings. The van der Waals surface area contributed by atoms with Crippen LogP contribution < -0.4 is 5.32 Å². The molecule has 0 bridgehead atoms. The van der Waals surface area contributed by atoms with Crippen LogP contribution in [0.3, 0.4) is 0 Å². The van der Waals surface area contributed by atoms with Crippen molar-refractivity contribution in [3.8, 4) is 0 Å². The highest BCUT2D eigenvalue weighted by molar-refractivity contribution is 6.05. The third kappa shape index (κ3) is 4.39. The molecule has 0 aliphatic carbocycles. The number of halogens is 2. The first-order valence-corrected chi connectivity index (χ1v) is 11.3. The van der Waals surface area contributed by atoms with Crippen LogP contribution in [-0.4, -0.2) is 46.7 Å². The van der Waals surface area contributed by atoms with Crippen molar-refractivity contribution >= 4 is 17.7 Å². The minimum absolute atomic E-state index is 0.164. The highest BCUT2D eigenvalue weighted by Crippen LogP contribution is 2.34. The van der Waals surface area contributed by atoms with E-state index in [1.165, 1.54) is 17.7 Å². The summed E-state index contributed by atoms with van der Waals surface area (Å²) in [4.78, 5) is 40.3. The van der Waals surface area contributed by atoms with Gasteiger partial charge in [-0.1, -0.05) is 12.1 Å². The lowest BCUT2D eigenvalue weighted by molar-refractivity contribution is -0.136. The first-order chi connectivity index (χ1) is 15.9.